The molecule has 1 saturated carbocycles. The second-order valence-corrected chi connectivity index (χ2v) is 9.52. The summed E-state index contributed by atoms with van der Waals surface area (Å²) in [5.74, 6) is -1.47. The quantitative estimate of drug-likeness (QED) is 0.308. The lowest BCUT2D eigenvalue weighted by molar-refractivity contribution is 0.0691. The van der Waals surface area contributed by atoms with Crippen molar-refractivity contribution in [3.8, 4) is 10.6 Å². The Morgan fingerprint density at radius 2 is 1.89 bits per heavy atom. The molecule has 0 spiro atoms. The molecule has 6 rings (SSSR count). The lowest BCUT2D eigenvalue weighted by atomic mass is 9.92. The first-order valence-electron chi connectivity index (χ1n) is 10.9. The van der Waals surface area contributed by atoms with Gasteiger partial charge in [-0.05, 0) is 48.2 Å². The van der Waals surface area contributed by atoms with E-state index < -0.39 is 5.97 Å². The molecule has 0 amide bonds. The maximum atomic E-state index is 15.0. The third-order valence-corrected chi connectivity index (χ3v) is 7.30. The van der Waals surface area contributed by atoms with Crippen LogP contribution < -0.4 is 0 Å². The molecule has 1 aliphatic rings. The van der Waals surface area contributed by atoms with Gasteiger partial charge >= 0.3 is 5.97 Å². The standard InChI is InChI=1S/C26H19FN4O2S.ClH/c27-19-12-16(13-31-14-21(25(32)33)28-15-31)6-7-18(19)23-29-20-8-9-22(30-24(20)34-23)26(10-11-26)17-4-2-1-3-5-17;/h1-9,12,14-15H,10-11,13H2,(H,32,33);1H. The van der Waals surface area contributed by atoms with Gasteiger partial charge in [0, 0.05) is 23.7 Å². The van der Waals surface area contributed by atoms with Crippen LogP contribution in [0.2, 0.25) is 0 Å². The van der Waals surface area contributed by atoms with Crippen molar-refractivity contribution in [2.24, 2.45) is 0 Å². The fourth-order valence-corrected chi connectivity index (χ4v) is 5.34. The molecule has 0 unspecified atom stereocenters. The molecular weight excluding hydrogens is 487 g/mol. The molecule has 0 atom stereocenters. The summed E-state index contributed by atoms with van der Waals surface area (Å²) in [5.41, 5.74) is 4.14. The summed E-state index contributed by atoms with van der Waals surface area (Å²) in [4.78, 5) is 25.2. The summed E-state index contributed by atoms with van der Waals surface area (Å²) >= 11 is 1.39. The van der Waals surface area contributed by atoms with Crippen LogP contribution in [0.1, 0.15) is 40.2 Å². The van der Waals surface area contributed by atoms with E-state index in [9.17, 15) is 4.79 Å². The lowest BCUT2D eigenvalue weighted by Gasteiger charge is -2.14. The minimum absolute atomic E-state index is 0. The van der Waals surface area contributed by atoms with E-state index in [4.69, 9.17) is 10.1 Å². The number of pyridine rings is 1. The molecule has 1 aliphatic carbocycles. The number of carbonyl (C=O) groups is 1. The first kappa shape index (κ1) is 23.1. The van der Waals surface area contributed by atoms with E-state index in [1.165, 1.54) is 35.5 Å². The molecule has 176 valence electrons. The number of hydrogen-bond donors (Lipinski definition) is 1. The molecule has 1 N–H and O–H groups in total. The molecule has 2 aromatic carbocycles. The summed E-state index contributed by atoms with van der Waals surface area (Å²) in [6, 6.07) is 19.5. The highest BCUT2D eigenvalue weighted by Crippen LogP contribution is 2.53. The van der Waals surface area contributed by atoms with E-state index in [0.29, 0.717) is 22.7 Å². The van der Waals surface area contributed by atoms with Gasteiger partial charge in [-0.25, -0.2) is 24.1 Å². The van der Waals surface area contributed by atoms with E-state index >= 15 is 4.39 Å². The fraction of sp³-hybridized carbons (Fsp3) is 0.154. The van der Waals surface area contributed by atoms with Crippen LogP contribution in [0.15, 0.2) is 73.2 Å². The smallest absolute Gasteiger partial charge is 0.356 e. The normalized spacial score (nSPS) is 14.0. The van der Waals surface area contributed by atoms with Gasteiger partial charge in [-0.1, -0.05) is 47.7 Å². The third-order valence-electron chi connectivity index (χ3n) is 6.30. The van der Waals surface area contributed by atoms with Crippen molar-refractivity contribution >= 4 is 40.1 Å². The second kappa shape index (κ2) is 8.87. The van der Waals surface area contributed by atoms with Gasteiger partial charge in [0.2, 0.25) is 0 Å². The van der Waals surface area contributed by atoms with E-state index in [-0.39, 0.29) is 29.3 Å². The third kappa shape index (κ3) is 4.19. The predicted octanol–water partition coefficient (Wildman–Crippen LogP) is 5.94. The van der Waals surface area contributed by atoms with Crippen LogP contribution in [0.3, 0.4) is 0 Å². The van der Waals surface area contributed by atoms with Crippen LogP contribution in [0.5, 0.6) is 0 Å². The number of aromatic nitrogens is 4. The Hall–Kier alpha value is -3.62. The Morgan fingerprint density at radius 3 is 2.57 bits per heavy atom. The van der Waals surface area contributed by atoms with E-state index in [0.717, 1.165) is 28.9 Å². The number of carboxylic acids is 1. The number of fused-ring (bicyclic) bond motifs is 1. The summed E-state index contributed by atoms with van der Waals surface area (Å²) in [7, 11) is 0. The van der Waals surface area contributed by atoms with Gasteiger partial charge in [0.25, 0.3) is 0 Å². The Bertz CT molecular complexity index is 1550. The zero-order valence-corrected chi connectivity index (χ0v) is 20.0. The van der Waals surface area contributed by atoms with Gasteiger partial charge in [-0.2, -0.15) is 0 Å². The molecule has 9 heteroatoms. The van der Waals surface area contributed by atoms with Crippen molar-refractivity contribution in [2.75, 3.05) is 0 Å². The monoisotopic (exact) mass is 506 g/mol. The molecule has 0 aliphatic heterocycles. The number of rotatable bonds is 6. The zero-order chi connectivity index (χ0) is 23.3. The summed E-state index contributed by atoms with van der Waals surface area (Å²) in [6.45, 7) is 0.323. The molecule has 35 heavy (non-hydrogen) atoms. The van der Waals surface area contributed by atoms with Gasteiger partial charge in [0.15, 0.2) is 5.69 Å². The fourth-order valence-electron chi connectivity index (χ4n) is 4.37. The van der Waals surface area contributed by atoms with Crippen LogP contribution >= 0.6 is 23.7 Å². The minimum atomic E-state index is -1.09. The Labute approximate surface area is 210 Å². The average molecular weight is 507 g/mol. The minimum Gasteiger partial charge on any atom is -0.476 e. The highest BCUT2D eigenvalue weighted by Gasteiger charge is 2.47. The number of halogens is 2. The molecule has 0 saturated heterocycles. The molecular formula is C26H20ClFN4O2S. The average Bonchev–Trinajstić information content (AvgIpc) is 3.32. The molecule has 5 aromatic rings. The number of imidazole rings is 1. The lowest BCUT2D eigenvalue weighted by Crippen LogP contribution is -2.10. The maximum Gasteiger partial charge on any atom is 0.356 e. The van der Waals surface area contributed by atoms with Gasteiger partial charge in [0.05, 0.1) is 12.0 Å². The van der Waals surface area contributed by atoms with Crippen LogP contribution in [-0.4, -0.2) is 30.6 Å². The van der Waals surface area contributed by atoms with Crippen molar-refractivity contribution in [2.45, 2.75) is 24.8 Å². The van der Waals surface area contributed by atoms with Crippen molar-refractivity contribution in [1.29, 1.82) is 0 Å². The topological polar surface area (TPSA) is 80.9 Å². The number of hydrogen-bond acceptors (Lipinski definition) is 5. The molecule has 6 nitrogen and oxygen atoms in total. The summed E-state index contributed by atoms with van der Waals surface area (Å²) < 4.78 is 16.6. The maximum absolute atomic E-state index is 15.0. The van der Waals surface area contributed by atoms with Gasteiger partial charge in [-0.3, -0.25) is 0 Å². The largest absolute Gasteiger partial charge is 0.476 e. The molecule has 1 fully saturated rings. The predicted molar refractivity (Wildman–Crippen MR) is 135 cm³/mol. The van der Waals surface area contributed by atoms with Gasteiger partial charge in [0.1, 0.15) is 21.2 Å². The second-order valence-electron chi connectivity index (χ2n) is 8.54. The first-order chi connectivity index (χ1) is 16.5. The molecule has 3 aromatic heterocycles. The van der Waals surface area contributed by atoms with Crippen LogP contribution in [-0.2, 0) is 12.0 Å². The highest BCUT2D eigenvalue weighted by molar-refractivity contribution is 7.21. The number of aromatic carboxylic acids is 1. The van der Waals surface area contributed by atoms with E-state index in [2.05, 4.69) is 34.2 Å². The highest BCUT2D eigenvalue weighted by atomic mass is 35.5. The van der Waals surface area contributed by atoms with Crippen LogP contribution in [0.4, 0.5) is 4.39 Å². The Kier molecular flexibility index (Phi) is 5.86. The van der Waals surface area contributed by atoms with E-state index in [1.807, 2.05) is 24.3 Å². The van der Waals surface area contributed by atoms with Crippen molar-refractivity contribution < 1.29 is 14.3 Å². The van der Waals surface area contributed by atoms with Crippen molar-refractivity contribution in [3.63, 3.8) is 0 Å². The number of benzene rings is 2. The summed E-state index contributed by atoms with van der Waals surface area (Å²) in [6.07, 6.45) is 4.99. The van der Waals surface area contributed by atoms with E-state index in [1.54, 1.807) is 10.6 Å². The number of thiazole rings is 1. The zero-order valence-electron chi connectivity index (χ0n) is 18.4. The van der Waals surface area contributed by atoms with Crippen molar-refractivity contribution in [1.82, 2.24) is 19.5 Å². The Morgan fingerprint density at radius 1 is 1.09 bits per heavy atom. The van der Waals surface area contributed by atoms with Crippen LogP contribution in [0.25, 0.3) is 20.9 Å². The first-order valence-corrected chi connectivity index (χ1v) is 11.7. The van der Waals surface area contributed by atoms with Gasteiger partial charge in [-0.15, -0.1) is 12.4 Å². The number of nitrogens with zero attached hydrogens (tertiary/aromatic N) is 4. The SMILES string of the molecule is Cl.O=C(O)c1cn(Cc2ccc(-c3nc4ccc(C5(c6ccccc6)CC5)nc4s3)c(F)c2)cn1. The molecule has 0 bridgehead atoms. The molecule has 3 heterocycles. The van der Waals surface area contributed by atoms with Crippen LogP contribution in [0, 0.1) is 5.82 Å². The number of carboxylic acid groups (broad SMARTS) is 1. The summed E-state index contributed by atoms with van der Waals surface area (Å²) in [5, 5.41) is 9.59. The van der Waals surface area contributed by atoms with Crippen molar-refractivity contribution in [3.05, 3.63) is 102 Å². The molecule has 0 radical (unpaired) electrons. The Balaban J connectivity index is 0.00000253. The van der Waals surface area contributed by atoms with Gasteiger partial charge < -0.3 is 9.67 Å².